The minimum absolute atomic E-state index is 0.242. The highest BCUT2D eigenvalue weighted by Gasteiger charge is 2.35. The number of nitrogens with zero attached hydrogens (tertiary/aromatic N) is 4. The van der Waals surface area contributed by atoms with E-state index < -0.39 is 0 Å². The van der Waals surface area contributed by atoms with Crippen LogP contribution in [0.4, 0.5) is 5.82 Å². The van der Waals surface area contributed by atoms with E-state index in [1.165, 1.54) is 0 Å². The predicted molar refractivity (Wildman–Crippen MR) is 82.2 cm³/mol. The standard InChI is InChI=1S/C16H21N5O/c1-10-11(2)19-20-15(14(10)9-17)18-13-5-7-21(8-6-13)16(22)12-3-4-12/h12-13H,3-8H2,1-2H3,(H,18,20). The summed E-state index contributed by atoms with van der Waals surface area (Å²) >= 11 is 0. The number of carbonyl (C=O) groups is 1. The molecule has 1 aliphatic heterocycles. The summed E-state index contributed by atoms with van der Waals surface area (Å²) in [4.78, 5) is 14.0. The van der Waals surface area contributed by atoms with Crippen LogP contribution >= 0.6 is 0 Å². The summed E-state index contributed by atoms with van der Waals surface area (Å²) in [6, 6.07) is 2.46. The van der Waals surface area contributed by atoms with Gasteiger partial charge in [-0.1, -0.05) is 0 Å². The summed E-state index contributed by atoms with van der Waals surface area (Å²) in [6.07, 6.45) is 3.89. The second-order valence-electron chi connectivity index (χ2n) is 6.26. The summed E-state index contributed by atoms with van der Waals surface area (Å²) in [5, 5.41) is 20.9. The average molecular weight is 299 g/mol. The highest BCUT2D eigenvalue weighted by Crippen LogP contribution is 2.32. The quantitative estimate of drug-likeness (QED) is 0.920. The van der Waals surface area contributed by atoms with E-state index in [2.05, 4.69) is 21.6 Å². The molecule has 0 atom stereocenters. The summed E-state index contributed by atoms with van der Waals surface area (Å²) < 4.78 is 0. The molecule has 0 radical (unpaired) electrons. The first-order valence-corrected chi connectivity index (χ1v) is 7.89. The fraction of sp³-hybridized carbons (Fsp3) is 0.625. The molecule has 1 aromatic rings. The van der Waals surface area contributed by atoms with Gasteiger partial charge in [0, 0.05) is 25.0 Å². The fourth-order valence-corrected chi connectivity index (χ4v) is 2.87. The third-order valence-electron chi connectivity index (χ3n) is 4.64. The second kappa shape index (κ2) is 5.91. The van der Waals surface area contributed by atoms with E-state index in [-0.39, 0.29) is 6.04 Å². The number of rotatable bonds is 3. The largest absolute Gasteiger partial charge is 0.365 e. The van der Waals surface area contributed by atoms with Crippen molar-refractivity contribution in [2.45, 2.75) is 45.6 Å². The number of likely N-dealkylation sites (tertiary alicyclic amines) is 1. The zero-order valence-corrected chi connectivity index (χ0v) is 13.1. The molecule has 1 aromatic heterocycles. The maximum Gasteiger partial charge on any atom is 0.225 e. The van der Waals surface area contributed by atoms with E-state index in [0.29, 0.717) is 23.2 Å². The number of hydrogen-bond donors (Lipinski definition) is 1. The molecule has 3 rings (SSSR count). The van der Waals surface area contributed by atoms with Crippen LogP contribution in [-0.2, 0) is 4.79 Å². The number of amides is 1. The third kappa shape index (κ3) is 2.89. The fourth-order valence-electron chi connectivity index (χ4n) is 2.87. The molecule has 6 nitrogen and oxygen atoms in total. The topological polar surface area (TPSA) is 81.9 Å². The zero-order valence-electron chi connectivity index (χ0n) is 13.1. The number of aromatic nitrogens is 2. The smallest absolute Gasteiger partial charge is 0.225 e. The van der Waals surface area contributed by atoms with Crippen molar-refractivity contribution in [2.24, 2.45) is 5.92 Å². The van der Waals surface area contributed by atoms with Crippen molar-refractivity contribution in [3.05, 3.63) is 16.8 Å². The van der Waals surface area contributed by atoms with Gasteiger partial charge < -0.3 is 10.2 Å². The highest BCUT2D eigenvalue weighted by molar-refractivity contribution is 5.81. The molecule has 0 bridgehead atoms. The Kier molecular flexibility index (Phi) is 3.97. The van der Waals surface area contributed by atoms with Crippen LogP contribution in [0.3, 0.4) is 0 Å². The van der Waals surface area contributed by atoms with E-state index in [1.54, 1.807) is 0 Å². The van der Waals surface area contributed by atoms with Crippen molar-refractivity contribution in [3.8, 4) is 6.07 Å². The zero-order chi connectivity index (χ0) is 15.7. The summed E-state index contributed by atoms with van der Waals surface area (Å²) in [7, 11) is 0. The van der Waals surface area contributed by atoms with Gasteiger partial charge >= 0.3 is 0 Å². The molecule has 2 fully saturated rings. The average Bonchev–Trinajstić information content (AvgIpc) is 3.36. The van der Waals surface area contributed by atoms with Crippen LogP contribution in [0.15, 0.2) is 0 Å². The van der Waals surface area contributed by atoms with Gasteiger partial charge in [0.15, 0.2) is 5.82 Å². The first kappa shape index (κ1) is 14.8. The highest BCUT2D eigenvalue weighted by atomic mass is 16.2. The Balaban J connectivity index is 1.62. The van der Waals surface area contributed by atoms with Crippen LogP contribution < -0.4 is 5.32 Å². The Labute approximate surface area is 130 Å². The van der Waals surface area contributed by atoms with Crippen molar-refractivity contribution in [2.75, 3.05) is 18.4 Å². The first-order chi connectivity index (χ1) is 10.6. The Morgan fingerprint density at radius 1 is 1.23 bits per heavy atom. The van der Waals surface area contributed by atoms with Gasteiger partial charge in [0.25, 0.3) is 0 Å². The Bertz CT molecular complexity index is 624. The number of anilines is 1. The lowest BCUT2D eigenvalue weighted by molar-refractivity contribution is -0.133. The SMILES string of the molecule is Cc1nnc(NC2CCN(C(=O)C3CC3)CC2)c(C#N)c1C. The second-order valence-corrected chi connectivity index (χ2v) is 6.26. The van der Waals surface area contributed by atoms with Gasteiger partial charge in [-0.2, -0.15) is 10.4 Å². The lowest BCUT2D eigenvalue weighted by Crippen LogP contribution is -2.43. The number of nitrogens with one attached hydrogen (secondary N) is 1. The molecule has 116 valence electrons. The van der Waals surface area contributed by atoms with Crippen molar-refractivity contribution >= 4 is 11.7 Å². The van der Waals surface area contributed by atoms with Crippen molar-refractivity contribution < 1.29 is 4.79 Å². The number of carbonyl (C=O) groups excluding carboxylic acids is 1. The molecule has 1 saturated carbocycles. The molecule has 6 heteroatoms. The van der Waals surface area contributed by atoms with Crippen LogP contribution in [-0.4, -0.2) is 40.1 Å². The monoisotopic (exact) mass is 299 g/mol. The molecule has 0 spiro atoms. The van der Waals surface area contributed by atoms with Gasteiger partial charge in [-0.05, 0) is 45.1 Å². The number of hydrogen-bond acceptors (Lipinski definition) is 5. The van der Waals surface area contributed by atoms with Crippen molar-refractivity contribution in [1.29, 1.82) is 5.26 Å². The molecule has 1 saturated heterocycles. The van der Waals surface area contributed by atoms with E-state index in [1.807, 2.05) is 18.7 Å². The minimum atomic E-state index is 0.242. The Morgan fingerprint density at radius 2 is 1.91 bits per heavy atom. The van der Waals surface area contributed by atoms with Crippen molar-refractivity contribution in [3.63, 3.8) is 0 Å². The Hall–Kier alpha value is -2.16. The van der Waals surface area contributed by atoms with Gasteiger partial charge in [-0.15, -0.1) is 5.10 Å². The van der Waals surface area contributed by atoms with Gasteiger partial charge in [-0.3, -0.25) is 4.79 Å². The molecular weight excluding hydrogens is 278 g/mol. The maximum absolute atomic E-state index is 12.0. The normalized spacial score (nSPS) is 18.9. The molecule has 1 aliphatic carbocycles. The maximum atomic E-state index is 12.0. The molecule has 0 unspecified atom stereocenters. The lowest BCUT2D eigenvalue weighted by Gasteiger charge is -2.33. The lowest BCUT2D eigenvalue weighted by atomic mass is 10.0. The van der Waals surface area contributed by atoms with Gasteiger partial charge in [-0.25, -0.2) is 0 Å². The molecular formula is C16H21N5O. The van der Waals surface area contributed by atoms with Crippen LogP contribution in [0.25, 0.3) is 0 Å². The van der Waals surface area contributed by atoms with Crippen molar-refractivity contribution in [1.82, 2.24) is 15.1 Å². The number of piperidine rings is 1. The molecule has 1 amide bonds. The van der Waals surface area contributed by atoms with Crippen LogP contribution in [0.2, 0.25) is 0 Å². The first-order valence-electron chi connectivity index (χ1n) is 7.89. The van der Waals surface area contributed by atoms with E-state index in [4.69, 9.17) is 0 Å². The molecule has 22 heavy (non-hydrogen) atoms. The minimum Gasteiger partial charge on any atom is -0.365 e. The third-order valence-corrected chi connectivity index (χ3v) is 4.64. The van der Waals surface area contributed by atoms with Crippen LogP contribution in [0.1, 0.15) is 42.5 Å². The molecule has 1 N–H and O–H groups in total. The van der Waals surface area contributed by atoms with Gasteiger partial charge in [0.05, 0.1) is 5.69 Å². The van der Waals surface area contributed by atoms with E-state index >= 15 is 0 Å². The molecule has 0 aromatic carbocycles. The molecule has 2 aliphatic rings. The predicted octanol–water partition coefficient (Wildman–Crippen LogP) is 1.78. The van der Waals surface area contributed by atoms with Gasteiger partial charge in [0.2, 0.25) is 5.91 Å². The van der Waals surface area contributed by atoms with Gasteiger partial charge in [0.1, 0.15) is 11.6 Å². The van der Waals surface area contributed by atoms with Crippen LogP contribution in [0, 0.1) is 31.1 Å². The van der Waals surface area contributed by atoms with Crippen LogP contribution in [0.5, 0.6) is 0 Å². The summed E-state index contributed by atoms with van der Waals surface area (Å²) in [6.45, 7) is 5.32. The van der Waals surface area contributed by atoms with E-state index in [0.717, 1.165) is 50.0 Å². The molecule has 2 heterocycles. The summed E-state index contributed by atoms with van der Waals surface area (Å²) in [5.74, 6) is 1.18. The Morgan fingerprint density at radius 3 is 2.50 bits per heavy atom. The summed E-state index contributed by atoms with van der Waals surface area (Å²) in [5.41, 5.74) is 2.23. The number of nitriles is 1. The van der Waals surface area contributed by atoms with E-state index in [9.17, 15) is 10.1 Å². The number of aryl methyl sites for hydroxylation is 1.